The number of thioether (sulfide) groups is 1. The number of allylic oxidation sites excluding steroid dienone is 1. The highest BCUT2D eigenvalue weighted by molar-refractivity contribution is 8.18. The number of imide groups is 1. The van der Waals surface area contributed by atoms with Crippen LogP contribution in [0.1, 0.15) is 37.5 Å². The molecular weight excluding hydrogens is 446 g/mol. The number of benzene rings is 2. The maximum atomic E-state index is 12.7. The first-order valence-corrected chi connectivity index (χ1v) is 11.6. The van der Waals surface area contributed by atoms with E-state index in [9.17, 15) is 9.59 Å². The van der Waals surface area contributed by atoms with Gasteiger partial charge in [-0.3, -0.25) is 14.5 Å². The molecule has 1 aliphatic rings. The van der Waals surface area contributed by atoms with E-state index in [-0.39, 0.29) is 17.2 Å². The summed E-state index contributed by atoms with van der Waals surface area (Å²) >= 11 is 6.92. The molecule has 0 atom stereocenters. The molecule has 0 unspecified atom stereocenters. The van der Waals surface area contributed by atoms with Crippen molar-refractivity contribution >= 4 is 40.6 Å². The van der Waals surface area contributed by atoms with Gasteiger partial charge in [-0.1, -0.05) is 29.8 Å². The van der Waals surface area contributed by atoms with Crippen LogP contribution in [0.3, 0.4) is 0 Å². The minimum absolute atomic E-state index is 0.188. The van der Waals surface area contributed by atoms with Crippen molar-refractivity contribution in [1.29, 1.82) is 0 Å². The molecule has 1 aliphatic heterocycles. The summed E-state index contributed by atoms with van der Waals surface area (Å²) in [6.45, 7) is 10.2. The summed E-state index contributed by atoms with van der Waals surface area (Å²) in [6.07, 6.45) is 4.08. The van der Waals surface area contributed by atoms with Crippen LogP contribution >= 0.6 is 23.4 Å². The number of halogens is 1. The summed E-state index contributed by atoms with van der Waals surface area (Å²) in [5, 5.41) is 0.415. The molecule has 1 heterocycles. The zero-order chi connectivity index (χ0) is 23.3. The standard InChI is InChI=1S/C25H26ClNO4S/c1-5-7-19-12-18(14-22-24(28)27(16(3)4)25(29)32-22)13-21(30-6-2)23(19)31-15-17-8-10-20(26)11-9-17/h5,8-14,16H,1,6-7,15H2,2-4H3/b22-14+. The number of ether oxygens (including phenoxy) is 2. The van der Waals surface area contributed by atoms with Gasteiger partial charge < -0.3 is 9.47 Å². The van der Waals surface area contributed by atoms with E-state index >= 15 is 0 Å². The number of carbonyl (C=O) groups is 2. The lowest BCUT2D eigenvalue weighted by Crippen LogP contribution is -2.34. The fourth-order valence-electron chi connectivity index (χ4n) is 3.31. The Balaban J connectivity index is 1.95. The zero-order valence-electron chi connectivity index (χ0n) is 18.4. The van der Waals surface area contributed by atoms with E-state index in [1.165, 1.54) is 4.90 Å². The SMILES string of the molecule is C=CCc1cc(/C=C2/SC(=O)N(C(C)C)C2=O)cc(OCC)c1OCc1ccc(Cl)cc1. The van der Waals surface area contributed by atoms with E-state index < -0.39 is 0 Å². The Bertz CT molecular complexity index is 1050. The van der Waals surface area contributed by atoms with Gasteiger partial charge in [0.05, 0.1) is 11.5 Å². The van der Waals surface area contributed by atoms with Crippen LogP contribution in [-0.2, 0) is 17.8 Å². The van der Waals surface area contributed by atoms with E-state index in [0.29, 0.717) is 41.1 Å². The molecule has 3 rings (SSSR count). The van der Waals surface area contributed by atoms with Crippen LogP contribution in [0.15, 0.2) is 54.0 Å². The molecule has 32 heavy (non-hydrogen) atoms. The van der Waals surface area contributed by atoms with Crippen molar-refractivity contribution in [1.82, 2.24) is 4.90 Å². The number of amides is 2. The molecule has 0 saturated carbocycles. The van der Waals surface area contributed by atoms with E-state index in [0.717, 1.165) is 28.5 Å². The summed E-state index contributed by atoms with van der Waals surface area (Å²) in [4.78, 5) is 26.6. The largest absolute Gasteiger partial charge is 0.490 e. The number of rotatable bonds is 9. The maximum absolute atomic E-state index is 12.7. The van der Waals surface area contributed by atoms with Gasteiger partial charge >= 0.3 is 0 Å². The molecule has 1 saturated heterocycles. The first kappa shape index (κ1) is 24.0. The van der Waals surface area contributed by atoms with Gasteiger partial charge in [0.1, 0.15) is 6.61 Å². The fraction of sp³-hybridized carbons (Fsp3) is 0.280. The second kappa shape index (κ2) is 10.7. The van der Waals surface area contributed by atoms with Crippen LogP contribution < -0.4 is 9.47 Å². The van der Waals surface area contributed by atoms with E-state index in [1.807, 2.05) is 57.2 Å². The van der Waals surface area contributed by atoms with Crippen molar-refractivity contribution in [2.24, 2.45) is 0 Å². The quantitative estimate of drug-likeness (QED) is 0.309. The Morgan fingerprint density at radius 3 is 2.47 bits per heavy atom. The van der Waals surface area contributed by atoms with E-state index in [2.05, 4.69) is 6.58 Å². The minimum atomic E-state index is -0.277. The second-order valence-electron chi connectivity index (χ2n) is 7.49. The monoisotopic (exact) mass is 471 g/mol. The van der Waals surface area contributed by atoms with Crippen molar-refractivity contribution in [2.75, 3.05) is 6.61 Å². The van der Waals surface area contributed by atoms with Crippen molar-refractivity contribution in [2.45, 2.75) is 39.8 Å². The highest BCUT2D eigenvalue weighted by Crippen LogP contribution is 2.38. The van der Waals surface area contributed by atoms with Crippen molar-refractivity contribution < 1.29 is 19.1 Å². The lowest BCUT2D eigenvalue weighted by atomic mass is 10.0. The summed E-state index contributed by atoms with van der Waals surface area (Å²) < 4.78 is 12.0. The molecule has 2 aromatic carbocycles. The van der Waals surface area contributed by atoms with Gasteiger partial charge in [-0.2, -0.15) is 0 Å². The van der Waals surface area contributed by atoms with Crippen LogP contribution in [0.5, 0.6) is 11.5 Å². The molecule has 0 aromatic heterocycles. The Hall–Kier alpha value is -2.70. The molecule has 1 fully saturated rings. The van der Waals surface area contributed by atoms with Crippen molar-refractivity contribution in [3.05, 3.63) is 75.7 Å². The molecule has 0 spiro atoms. The number of nitrogens with zero attached hydrogens (tertiary/aromatic N) is 1. The third-order valence-corrected chi connectivity index (χ3v) is 5.89. The van der Waals surface area contributed by atoms with Gasteiger partial charge in [-0.15, -0.1) is 6.58 Å². The summed E-state index contributed by atoms with van der Waals surface area (Å²) in [6, 6.07) is 11.0. The van der Waals surface area contributed by atoms with E-state index in [4.69, 9.17) is 21.1 Å². The summed E-state index contributed by atoms with van der Waals surface area (Å²) in [5.41, 5.74) is 2.63. The van der Waals surface area contributed by atoms with Gasteiger partial charge in [0, 0.05) is 16.6 Å². The number of hydrogen-bond acceptors (Lipinski definition) is 5. The van der Waals surface area contributed by atoms with Crippen molar-refractivity contribution in [3.63, 3.8) is 0 Å². The van der Waals surface area contributed by atoms with Crippen LogP contribution in [0.4, 0.5) is 4.79 Å². The van der Waals surface area contributed by atoms with Gasteiger partial charge in [0.25, 0.3) is 11.1 Å². The minimum Gasteiger partial charge on any atom is -0.490 e. The average Bonchev–Trinajstić information content (AvgIpc) is 3.02. The number of carbonyl (C=O) groups excluding carboxylic acids is 2. The topological polar surface area (TPSA) is 55.8 Å². The predicted molar refractivity (Wildman–Crippen MR) is 130 cm³/mol. The van der Waals surface area contributed by atoms with E-state index in [1.54, 1.807) is 12.2 Å². The highest BCUT2D eigenvalue weighted by Gasteiger charge is 2.36. The molecule has 0 bridgehead atoms. The Morgan fingerprint density at radius 2 is 1.88 bits per heavy atom. The summed E-state index contributed by atoms with van der Waals surface area (Å²) in [5.74, 6) is 0.936. The predicted octanol–water partition coefficient (Wildman–Crippen LogP) is 6.49. The van der Waals surface area contributed by atoms with Crippen LogP contribution in [-0.4, -0.2) is 28.7 Å². The zero-order valence-corrected chi connectivity index (χ0v) is 20.0. The van der Waals surface area contributed by atoms with Crippen molar-refractivity contribution in [3.8, 4) is 11.5 Å². The molecule has 5 nitrogen and oxygen atoms in total. The molecule has 0 radical (unpaired) electrons. The molecule has 0 aliphatic carbocycles. The molecule has 0 N–H and O–H groups in total. The Labute approximate surface area is 198 Å². The summed E-state index contributed by atoms with van der Waals surface area (Å²) in [7, 11) is 0. The fourth-order valence-corrected chi connectivity index (χ4v) is 4.40. The smallest absolute Gasteiger partial charge is 0.293 e. The average molecular weight is 472 g/mol. The van der Waals surface area contributed by atoms with Gasteiger partial charge in [0.15, 0.2) is 11.5 Å². The normalized spacial score (nSPS) is 15.0. The third kappa shape index (κ3) is 5.56. The molecular formula is C25H26ClNO4S. The number of hydrogen-bond donors (Lipinski definition) is 0. The van der Waals surface area contributed by atoms with Gasteiger partial charge in [-0.25, -0.2) is 0 Å². The lowest BCUT2D eigenvalue weighted by molar-refractivity contribution is -0.123. The van der Waals surface area contributed by atoms with Gasteiger partial charge in [0.2, 0.25) is 0 Å². The van der Waals surface area contributed by atoms with Crippen LogP contribution in [0.2, 0.25) is 5.02 Å². The highest BCUT2D eigenvalue weighted by atomic mass is 35.5. The lowest BCUT2D eigenvalue weighted by Gasteiger charge is -2.17. The Kier molecular flexibility index (Phi) is 8.04. The maximum Gasteiger partial charge on any atom is 0.293 e. The first-order valence-electron chi connectivity index (χ1n) is 10.4. The second-order valence-corrected chi connectivity index (χ2v) is 8.92. The molecule has 2 aromatic rings. The third-order valence-electron chi connectivity index (χ3n) is 4.75. The Morgan fingerprint density at radius 1 is 1.16 bits per heavy atom. The van der Waals surface area contributed by atoms with Gasteiger partial charge in [-0.05, 0) is 80.4 Å². The van der Waals surface area contributed by atoms with Crippen LogP contribution in [0.25, 0.3) is 6.08 Å². The van der Waals surface area contributed by atoms with Crippen LogP contribution in [0, 0.1) is 0 Å². The molecule has 7 heteroatoms. The first-order chi connectivity index (χ1) is 15.3. The molecule has 2 amide bonds. The molecule has 168 valence electrons.